The maximum atomic E-state index is 11.7. The van der Waals surface area contributed by atoms with Crippen molar-refractivity contribution in [3.8, 4) is 5.75 Å². The molecule has 1 rings (SSSR count). The summed E-state index contributed by atoms with van der Waals surface area (Å²) < 4.78 is 15.2. The van der Waals surface area contributed by atoms with E-state index in [0.717, 1.165) is 17.7 Å². The predicted octanol–water partition coefficient (Wildman–Crippen LogP) is 2.55. The Morgan fingerprint density at radius 2 is 1.87 bits per heavy atom. The van der Waals surface area contributed by atoms with E-state index in [4.69, 9.17) is 9.47 Å². The van der Waals surface area contributed by atoms with Gasteiger partial charge in [0.25, 0.3) is 0 Å². The highest BCUT2D eigenvalue weighted by atomic mass is 16.6. The zero-order valence-corrected chi connectivity index (χ0v) is 14.4. The number of aryl methyl sites for hydroxylation is 1. The summed E-state index contributed by atoms with van der Waals surface area (Å²) in [6.45, 7) is 7.42. The highest BCUT2D eigenvalue weighted by molar-refractivity contribution is 5.75. The SMILES string of the molecule is CCc1cc(NCC(=O)OC(C)(C)C)ccc1OCC(=O)OC. The number of hydrogen-bond acceptors (Lipinski definition) is 6. The van der Waals surface area contributed by atoms with Crippen LogP contribution in [0.4, 0.5) is 5.69 Å². The molecule has 0 saturated heterocycles. The summed E-state index contributed by atoms with van der Waals surface area (Å²) in [5.41, 5.74) is 1.22. The average molecular weight is 323 g/mol. The molecule has 0 unspecified atom stereocenters. The van der Waals surface area contributed by atoms with Gasteiger partial charge in [0.15, 0.2) is 6.61 Å². The van der Waals surface area contributed by atoms with E-state index in [1.165, 1.54) is 7.11 Å². The van der Waals surface area contributed by atoms with Gasteiger partial charge in [0.05, 0.1) is 7.11 Å². The zero-order chi connectivity index (χ0) is 17.5. The maximum Gasteiger partial charge on any atom is 0.343 e. The second-order valence-electron chi connectivity index (χ2n) is 5.98. The largest absolute Gasteiger partial charge is 0.482 e. The number of carbonyl (C=O) groups is 2. The molecule has 0 aromatic heterocycles. The number of carbonyl (C=O) groups excluding carboxylic acids is 2. The Morgan fingerprint density at radius 3 is 2.43 bits per heavy atom. The van der Waals surface area contributed by atoms with E-state index < -0.39 is 11.6 Å². The molecule has 0 bridgehead atoms. The van der Waals surface area contributed by atoms with Gasteiger partial charge in [0.2, 0.25) is 0 Å². The van der Waals surface area contributed by atoms with Crippen molar-refractivity contribution < 1.29 is 23.8 Å². The van der Waals surface area contributed by atoms with Crippen LogP contribution in [0.1, 0.15) is 33.3 Å². The van der Waals surface area contributed by atoms with Crippen LogP contribution in [0.5, 0.6) is 5.75 Å². The molecule has 6 nitrogen and oxygen atoms in total. The first-order valence-corrected chi connectivity index (χ1v) is 7.53. The lowest BCUT2D eigenvalue weighted by Crippen LogP contribution is -2.28. The van der Waals surface area contributed by atoms with Crippen LogP contribution in [0, 0.1) is 0 Å². The van der Waals surface area contributed by atoms with Gasteiger partial charge < -0.3 is 19.5 Å². The normalized spacial score (nSPS) is 10.8. The van der Waals surface area contributed by atoms with Crippen LogP contribution in [-0.2, 0) is 25.5 Å². The van der Waals surface area contributed by atoms with Crippen molar-refractivity contribution in [2.24, 2.45) is 0 Å². The molecule has 0 aliphatic rings. The topological polar surface area (TPSA) is 73.9 Å². The Hall–Kier alpha value is -2.24. The Balaban J connectivity index is 2.64. The Morgan fingerprint density at radius 1 is 1.17 bits per heavy atom. The monoisotopic (exact) mass is 323 g/mol. The van der Waals surface area contributed by atoms with Gasteiger partial charge in [-0.25, -0.2) is 4.79 Å². The maximum absolute atomic E-state index is 11.7. The first-order chi connectivity index (χ1) is 10.7. The van der Waals surface area contributed by atoms with Gasteiger partial charge in [-0.15, -0.1) is 0 Å². The molecule has 1 N–H and O–H groups in total. The van der Waals surface area contributed by atoms with Gasteiger partial charge >= 0.3 is 11.9 Å². The second-order valence-corrected chi connectivity index (χ2v) is 5.98. The van der Waals surface area contributed by atoms with Gasteiger partial charge in [-0.3, -0.25) is 4.79 Å². The molecule has 0 spiro atoms. The van der Waals surface area contributed by atoms with Gasteiger partial charge in [0, 0.05) is 5.69 Å². The number of benzene rings is 1. The van der Waals surface area contributed by atoms with Crippen LogP contribution in [0.15, 0.2) is 18.2 Å². The highest BCUT2D eigenvalue weighted by Gasteiger charge is 2.16. The molecule has 0 aliphatic heterocycles. The van der Waals surface area contributed by atoms with Crippen LogP contribution < -0.4 is 10.1 Å². The standard InChI is InChI=1S/C17H25NO5/c1-6-12-9-13(18-10-15(19)23-17(2,3)4)7-8-14(12)22-11-16(20)21-5/h7-9,18H,6,10-11H2,1-5H3. The number of rotatable bonds is 7. The van der Waals surface area contributed by atoms with Crippen LogP contribution in [0.25, 0.3) is 0 Å². The quantitative estimate of drug-likeness (QED) is 0.777. The van der Waals surface area contributed by atoms with Crippen molar-refractivity contribution >= 4 is 17.6 Å². The van der Waals surface area contributed by atoms with Crippen LogP contribution in [-0.4, -0.2) is 37.8 Å². The fourth-order valence-electron chi connectivity index (χ4n) is 1.85. The Kier molecular flexibility index (Phi) is 6.88. The number of hydrogen-bond donors (Lipinski definition) is 1. The van der Waals surface area contributed by atoms with Crippen LogP contribution >= 0.6 is 0 Å². The first-order valence-electron chi connectivity index (χ1n) is 7.53. The molecule has 23 heavy (non-hydrogen) atoms. The van der Waals surface area contributed by atoms with Gasteiger partial charge in [0.1, 0.15) is 17.9 Å². The van der Waals surface area contributed by atoms with Crippen molar-refractivity contribution in [2.75, 3.05) is 25.6 Å². The molecule has 0 heterocycles. The van der Waals surface area contributed by atoms with E-state index in [-0.39, 0.29) is 19.1 Å². The summed E-state index contributed by atoms with van der Waals surface area (Å²) in [5.74, 6) is -0.124. The molecule has 0 saturated carbocycles. The van der Waals surface area contributed by atoms with Crippen molar-refractivity contribution in [1.82, 2.24) is 0 Å². The Labute approximate surface area is 137 Å². The number of methoxy groups -OCH3 is 1. The average Bonchev–Trinajstić information content (AvgIpc) is 2.49. The third kappa shape index (κ3) is 7.04. The Bertz CT molecular complexity index is 548. The van der Waals surface area contributed by atoms with E-state index in [0.29, 0.717) is 5.75 Å². The van der Waals surface area contributed by atoms with E-state index in [2.05, 4.69) is 10.1 Å². The van der Waals surface area contributed by atoms with Gasteiger partial charge in [-0.05, 0) is 51.0 Å². The van der Waals surface area contributed by atoms with E-state index in [9.17, 15) is 9.59 Å². The molecule has 0 atom stereocenters. The lowest BCUT2D eigenvalue weighted by atomic mass is 10.1. The minimum absolute atomic E-state index is 0.0861. The summed E-state index contributed by atoms with van der Waals surface area (Å²) in [6, 6.07) is 5.44. The fraction of sp³-hybridized carbons (Fsp3) is 0.529. The molecular weight excluding hydrogens is 298 g/mol. The molecule has 1 aromatic carbocycles. The molecule has 6 heteroatoms. The second kappa shape index (κ2) is 8.41. The lowest BCUT2D eigenvalue weighted by Gasteiger charge is -2.20. The van der Waals surface area contributed by atoms with Crippen molar-refractivity contribution in [1.29, 1.82) is 0 Å². The summed E-state index contributed by atoms with van der Waals surface area (Å²) in [6.07, 6.45) is 0.735. The zero-order valence-electron chi connectivity index (χ0n) is 14.4. The number of anilines is 1. The highest BCUT2D eigenvalue weighted by Crippen LogP contribution is 2.23. The van der Waals surface area contributed by atoms with Gasteiger partial charge in [-0.1, -0.05) is 6.92 Å². The van der Waals surface area contributed by atoms with E-state index >= 15 is 0 Å². The molecule has 128 valence electrons. The van der Waals surface area contributed by atoms with Gasteiger partial charge in [-0.2, -0.15) is 0 Å². The molecule has 1 aromatic rings. The first kappa shape index (κ1) is 18.8. The molecular formula is C17H25NO5. The molecule has 0 fully saturated rings. The van der Waals surface area contributed by atoms with E-state index in [1.807, 2.05) is 33.8 Å². The summed E-state index contributed by atoms with van der Waals surface area (Å²) >= 11 is 0. The smallest absolute Gasteiger partial charge is 0.343 e. The fourth-order valence-corrected chi connectivity index (χ4v) is 1.85. The van der Waals surface area contributed by atoms with Crippen molar-refractivity contribution in [3.63, 3.8) is 0 Å². The minimum atomic E-state index is -0.501. The summed E-state index contributed by atoms with van der Waals surface area (Å²) in [7, 11) is 1.32. The van der Waals surface area contributed by atoms with Crippen LogP contribution in [0.3, 0.4) is 0 Å². The minimum Gasteiger partial charge on any atom is -0.482 e. The van der Waals surface area contributed by atoms with Crippen LogP contribution in [0.2, 0.25) is 0 Å². The molecule has 0 radical (unpaired) electrons. The number of ether oxygens (including phenoxy) is 3. The van der Waals surface area contributed by atoms with Crippen molar-refractivity contribution in [2.45, 2.75) is 39.7 Å². The van der Waals surface area contributed by atoms with E-state index in [1.54, 1.807) is 12.1 Å². The molecule has 0 aliphatic carbocycles. The molecule has 0 amide bonds. The van der Waals surface area contributed by atoms with Crippen molar-refractivity contribution in [3.05, 3.63) is 23.8 Å². The number of esters is 2. The summed E-state index contributed by atoms with van der Waals surface area (Å²) in [4.78, 5) is 22.8. The lowest BCUT2D eigenvalue weighted by molar-refractivity contribution is -0.152. The number of nitrogens with one attached hydrogen (secondary N) is 1. The predicted molar refractivity (Wildman–Crippen MR) is 87.7 cm³/mol. The third-order valence-corrected chi connectivity index (χ3v) is 2.87. The third-order valence-electron chi connectivity index (χ3n) is 2.87. The summed E-state index contributed by atoms with van der Waals surface area (Å²) in [5, 5.41) is 3.02.